The zero-order chi connectivity index (χ0) is 45.7. The van der Waals surface area contributed by atoms with Crippen molar-refractivity contribution in [3.63, 3.8) is 0 Å². The van der Waals surface area contributed by atoms with E-state index >= 15 is 0 Å². The van der Waals surface area contributed by atoms with E-state index in [0.29, 0.717) is 44.6 Å². The lowest BCUT2D eigenvalue weighted by atomic mass is 9.55. The van der Waals surface area contributed by atoms with E-state index in [0.717, 1.165) is 106 Å². The van der Waals surface area contributed by atoms with Crippen molar-refractivity contribution in [2.24, 2.45) is 22.9 Å². The molecule has 7 atom stereocenters. The van der Waals surface area contributed by atoms with Crippen molar-refractivity contribution < 1.29 is 48.6 Å². The Morgan fingerprint density at radius 3 is 2.42 bits per heavy atom. The number of carbonyl (C=O) groups excluding carboxylic acids is 1. The number of nitrogens with zero attached hydrogens (tertiary/aromatic N) is 3. The molecule has 2 saturated heterocycles. The molecule has 3 fully saturated rings. The third kappa shape index (κ3) is 14.5. The third-order valence-corrected chi connectivity index (χ3v) is 14.2. The number of ether oxygens (including phenoxy) is 5. The highest BCUT2D eigenvalue weighted by Crippen LogP contribution is 2.62. The molecule has 0 bridgehead atoms. The van der Waals surface area contributed by atoms with E-state index in [1.165, 1.54) is 38.5 Å². The molecule has 366 valence electrons. The van der Waals surface area contributed by atoms with Crippen LogP contribution in [0.15, 0.2) is 47.7 Å². The summed E-state index contributed by atoms with van der Waals surface area (Å²) in [6.07, 6.45) is 22.3. The highest BCUT2D eigenvalue weighted by molar-refractivity contribution is 6.03. The molecule has 0 radical (unpaired) electrons. The molecule has 1 amide bonds. The number of carbonyl (C=O) groups is 1. The Labute approximate surface area is 389 Å². The summed E-state index contributed by atoms with van der Waals surface area (Å²) >= 11 is 0. The molecule has 1 unspecified atom stereocenters. The van der Waals surface area contributed by atoms with E-state index in [4.69, 9.17) is 33.7 Å². The van der Waals surface area contributed by atoms with Crippen molar-refractivity contribution in [3.8, 4) is 11.5 Å². The Morgan fingerprint density at radius 1 is 0.938 bits per heavy atom. The molecule has 13 heteroatoms. The van der Waals surface area contributed by atoms with E-state index in [1.807, 2.05) is 17.0 Å². The fourth-order valence-electron chi connectivity index (χ4n) is 10.8. The number of oxime groups is 1. The van der Waals surface area contributed by atoms with Crippen LogP contribution < -0.4 is 9.47 Å². The molecule has 1 aromatic rings. The molecule has 6 rings (SSSR count). The van der Waals surface area contributed by atoms with Crippen LogP contribution in [-0.2, 0) is 23.8 Å². The summed E-state index contributed by atoms with van der Waals surface area (Å²) < 4.78 is 33.0. The Morgan fingerprint density at radius 2 is 1.71 bits per heavy atom. The van der Waals surface area contributed by atoms with Crippen LogP contribution in [0.1, 0.15) is 147 Å². The van der Waals surface area contributed by atoms with Gasteiger partial charge >= 0.3 is 0 Å². The number of unbranched alkanes of at least 4 members (excludes halogenated alkanes) is 10. The lowest BCUT2D eigenvalue weighted by Gasteiger charge is -2.60. The predicted molar refractivity (Wildman–Crippen MR) is 253 cm³/mol. The first-order chi connectivity index (χ1) is 32.0. The molecule has 3 N–H and O–H groups in total. The van der Waals surface area contributed by atoms with Gasteiger partial charge in [-0.05, 0) is 80.6 Å². The van der Waals surface area contributed by atoms with Crippen molar-refractivity contribution in [3.05, 3.63) is 48.1 Å². The molecular weight excluding hydrogens is 827 g/mol. The normalized spacial score (nSPS) is 26.5. The van der Waals surface area contributed by atoms with Crippen molar-refractivity contribution in [1.82, 2.24) is 9.80 Å². The fraction of sp³-hybridized carbons (Fsp3) is 0.769. The smallest absolute Gasteiger partial charge is 0.239 e. The first kappa shape index (κ1) is 51.4. The standard InChI is InChI=1S/C52H83N3O10/c1-3-5-6-7-8-9-10-11-12-21-48(59)55(28-34-60-36-31-58)47-39-45(53-65-49-22-15-18-33-62-49)43-37-40(19-13-16-29-56)42(20-14-17-30-57)50-44-38-41(61-35-27-54-25-26-54)23-24-46(44)64-52(47,51(43)50)63-32-4-2/h4,23-24,37-38,40,42,47,49-51,56-58H,2-3,5-22,25-36,39H2,1H3/t40-,42+,47-,49?,50+,51+,52+/m0/s1. The number of rotatable bonds is 33. The number of fused-ring (bicyclic) bond motifs is 2. The van der Waals surface area contributed by atoms with Gasteiger partial charge < -0.3 is 48.7 Å². The Kier molecular flexibility index (Phi) is 21.9. The molecule has 5 aliphatic rings. The van der Waals surface area contributed by atoms with Crippen LogP contribution in [0.25, 0.3) is 0 Å². The maximum absolute atomic E-state index is 15.0. The molecule has 65 heavy (non-hydrogen) atoms. The minimum absolute atomic E-state index is 0.00807. The van der Waals surface area contributed by atoms with Crippen LogP contribution in [0.5, 0.6) is 11.5 Å². The number of aliphatic hydroxyl groups excluding tert-OH is 3. The van der Waals surface area contributed by atoms with Crippen LogP contribution >= 0.6 is 0 Å². The highest BCUT2D eigenvalue weighted by atomic mass is 16.8. The molecule has 2 aliphatic carbocycles. The van der Waals surface area contributed by atoms with Crippen molar-refractivity contribution in [1.29, 1.82) is 0 Å². The van der Waals surface area contributed by atoms with Gasteiger partial charge in [0.2, 0.25) is 18.0 Å². The number of allylic oxidation sites excluding steroid dienone is 1. The Bertz CT molecular complexity index is 1630. The molecule has 3 heterocycles. The molecule has 0 spiro atoms. The lowest BCUT2D eigenvalue weighted by molar-refractivity contribution is -0.258. The zero-order valence-electron chi connectivity index (χ0n) is 39.7. The van der Waals surface area contributed by atoms with Gasteiger partial charge in [-0.15, -0.1) is 6.58 Å². The van der Waals surface area contributed by atoms with Gasteiger partial charge in [-0.1, -0.05) is 88.4 Å². The Hall–Kier alpha value is -3.04. The summed E-state index contributed by atoms with van der Waals surface area (Å²) in [5, 5.41) is 34.6. The first-order valence-electron chi connectivity index (χ1n) is 25.7. The lowest BCUT2D eigenvalue weighted by Crippen LogP contribution is -2.70. The number of hydrogen-bond acceptors (Lipinski definition) is 12. The summed E-state index contributed by atoms with van der Waals surface area (Å²) in [6.45, 7) is 11.6. The van der Waals surface area contributed by atoms with E-state index < -0.39 is 24.0 Å². The maximum atomic E-state index is 15.0. The van der Waals surface area contributed by atoms with Crippen molar-refractivity contribution in [2.45, 2.75) is 159 Å². The van der Waals surface area contributed by atoms with Crippen LogP contribution in [0.3, 0.4) is 0 Å². The SMILES string of the molecule is C=CCO[C@@]12Oc3ccc(OCCN4CC4)cc3[C@H]3[C@H](CCCCO)[C@@H](CCCCO)C=C(C(=NOC4CCCCO4)C[C@@H]1N(CCOCCO)C(=O)CCCCCCCCCCC)[C@H]32. The molecule has 0 aromatic heterocycles. The van der Waals surface area contributed by atoms with Crippen molar-refractivity contribution >= 4 is 11.6 Å². The second-order valence-electron chi connectivity index (χ2n) is 18.9. The second kappa shape index (κ2) is 27.7. The monoisotopic (exact) mass is 910 g/mol. The predicted octanol–water partition coefficient (Wildman–Crippen LogP) is 8.30. The van der Waals surface area contributed by atoms with Gasteiger partial charge in [0.05, 0.1) is 44.7 Å². The summed E-state index contributed by atoms with van der Waals surface area (Å²) in [5.74, 6) is -0.176. The van der Waals surface area contributed by atoms with Crippen molar-refractivity contribution in [2.75, 3.05) is 79.0 Å². The number of hydrogen-bond donors (Lipinski definition) is 3. The summed E-state index contributed by atoms with van der Waals surface area (Å²) in [5.41, 5.74) is 2.80. The molecule has 13 nitrogen and oxygen atoms in total. The van der Waals surface area contributed by atoms with Gasteiger partial charge in [0.15, 0.2) is 0 Å². The average Bonchev–Trinajstić information content (AvgIpc) is 4.16. The van der Waals surface area contributed by atoms with Gasteiger partial charge in [-0.3, -0.25) is 9.69 Å². The Balaban J connectivity index is 1.45. The van der Waals surface area contributed by atoms with Crippen LogP contribution in [-0.4, -0.2) is 134 Å². The minimum atomic E-state index is -1.35. The third-order valence-electron chi connectivity index (χ3n) is 14.2. The summed E-state index contributed by atoms with van der Waals surface area (Å²) in [4.78, 5) is 25.6. The zero-order valence-corrected chi connectivity index (χ0v) is 39.7. The van der Waals surface area contributed by atoms with Crippen LogP contribution in [0.2, 0.25) is 0 Å². The molecular formula is C52H83N3O10. The number of aliphatic hydroxyl groups is 3. The van der Waals surface area contributed by atoms with Gasteiger partial charge in [0.25, 0.3) is 0 Å². The largest absolute Gasteiger partial charge is 0.492 e. The van der Waals surface area contributed by atoms with Gasteiger partial charge in [0, 0.05) is 70.1 Å². The maximum Gasteiger partial charge on any atom is 0.239 e. The second-order valence-corrected chi connectivity index (χ2v) is 18.9. The average molecular weight is 910 g/mol. The number of benzene rings is 1. The van der Waals surface area contributed by atoms with Gasteiger partial charge in [-0.2, -0.15) is 0 Å². The molecule has 3 aliphatic heterocycles. The van der Waals surface area contributed by atoms with Crippen LogP contribution in [0, 0.1) is 17.8 Å². The van der Waals surface area contributed by atoms with Crippen LogP contribution in [0.4, 0.5) is 0 Å². The van der Waals surface area contributed by atoms with Gasteiger partial charge in [0.1, 0.15) is 24.1 Å². The molecule has 1 aromatic carbocycles. The van der Waals surface area contributed by atoms with E-state index in [-0.39, 0.29) is 69.8 Å². The fourth-order valence-corrected chi connectivity index (χ4v) is 10.8. The molecule has 1 saturated carbocycles. The summed E-state index contributed by atoms with van der Waals surface area (Å²) in [6, 6.07) is 5.53. The highest BCUT2D eigenvalue weighted by Gasteiger charge is 2.65. The minimum Gasteiger partial charge on any atom is -0.492 e. The summed E-state index contributed by atoms with van der Waals surface area (Å²) in [7, 11) is 0. The van der Waals surface area contributed by atoms with E-state index in [2.05, 4.69) is 30.5 Å². The first-order valence-corrected chi connectivity index (χ1v) is 25.7. The van der Waals surface area contributed by atoms with E-state index in [9.17, 15) is 20.1 Å². The number of amides is 1. The van der Waals surface area contributed by atoms with Gasteiger partial charge in [-0.25, -0.2) is 0 Å². The quantitative estimate of drug-likeness (QED) is 0.0271. The van der Waals surface area contributed by atoms with E-state index in [1.54, 1.807) is 6.08 Å². The topological polar surface area (TPSA) is 152 Å².